The van der Waals surface area contributed by atoms with Gasteiger partial charge in [-0.15, -0.1) is 0 Å². The maximum atomic E-state index is 3.68. The lowest BCUT2D eigenvalue weighted by atomic mass is 9.73. The van der Waals surface area contributed by atoms with Gasteiger partial charge in [0.1, 0.15) is 0 Å². The Bertz CT molecular complexity index is 253. The van der Waals surface area contributed by atoms with E-state index < -0.39 is 0 Å². The Morgan fingerprint density at radius 1 is 1.12 bits per heavy atom. The molecule has 4 unspecified atom stereocenters. The summed E-state index contributed by atoms with van der Waals surface area (Å²) in [6.45, 7) is 12.9. The van der Waals surface area contributed by atoms with Gasteiger partial charge in [-0.2, -0.15) is 0 Å². The molecule has 1 N–H and O–H groups in total. The highest BCUT2D eigenvalue weighted by atomic mass is 15.0. The van der Waals surface area contributed by atoms with Crippen molar-refractivity contribution in [2.75, 3.05) is 6.54 Å². The maximum Gasteiger partial charge on any atom is 0.00966 e. The van der Waals surface area contributed by atoms with Crippen LogP contribution in [0, 0.1) is 23.2 Å². The predicted octanol–water partition coefficient (Wildman–Crippen LogP) is 3.84. The van der Waals surface area contributed by atoms with Crippen LogP contribution in [-0.2, 0) is 0 Å². The molecule has 0 aliphatic heterocycles. The summed E-state index contributed by atoms with van der Waals surface area (Å²) in [7, 11) is 0. The first-order valence-corrected chi connectivity index (χ1v) is 7.07. The van der Waals surface area contributed by atoms with E-state index in [9.17, 15) is 0 Å². The Morgan fingerprint density at radius 3 is 2.38 bits per heavy atom. The fourth-order valence-corrected chi connectivity index (χ4v) is 3.45. The van der Waals surface area contributed by atoms with Crippen molar-refractivity contribution in [3.63, 3.8) is 0 Å². The Balaban J connectivity index is 1.81. The molecule has 0 bridgehead atoms. The minimum absolute atomic E-state index is 0.289. The molecule has 2 rings (SSSR count). The smallest absolute Gasteiger partial charge is 0.00966 e. The number of rotatable bonds is 2. The third kappa shape index (κ3) is 2.61. The quantitative estimate of drug-likeness (QED) is 0.750. The van der Waals surface area contributed by atoms with Crippen LogP contribution in [0.15, 0.2) is 0 Å². The molecular formula is C15H29N. The number of hydrogen-bond acceptors (Lipinski definition) is 1. The second kappa shape index (κ2) is 4.01. The lowest BCUT2D eigenvalue weighted by molar-refractivity contribution is 0.176. The molecule has 1 heteroatoms. The van der Waals surface area contributed by atoms with Crippen LogP contribution in [0.2, 0.25) is 0 Å². The monoisotopic (exact) mass is 223 g/mol. The van der Waals surface area contributed by atoms with Crippen molar-refractivity contribution < 1.29 is 0 Å². The zero-order valence-electron chi connectivity index (χ0n) is 11.8. The van der Waals surface area contributed by atoms with Gasteiger partial charge in [-0.3, -0.25) is 0 Å². The van der Waals surface area contributed by atoms with E-state index in [1.54, 1.807) is 0 Å². The maximum absolute atomic E-state index is 3.68. The summed E-state index contributed by atoms with van der Waals surface area (Å²) in [6, 6.07) is 0. The van der Waals surface area contributed by atoms with E-state index in [2.05, 4.69) is 39.9 Å². The molecule has 94 valence electrons. The first-order valence-electron chi connectivity index (χ1n) is 7.07. The van der Waals surface area contributed by atoms with Crippen molar-refractivity contribution in [1.29, 1.82) is 0 Å². The summed E-state index contributed by atoms with van der Waals surface area (Å²) in [5.74, 6) is 2.89. The van der Waals surface area contributed by atoms with Crippen LogP contribution >= 0.6 is 0 Å². The van der Waals surface area contributed by atoms with Crippen LogP contribution in [0.5, 0.6) is 0 Å². The van der Waals surface area contributed by atoms with Crippen LogP contribution in [0.4, 0.5) is 0 Å². The Hall–Kier alpha value is -0.0400. The van der Waals surface area contributed by atoms with Crippen molar-refractivity contribution in [2.24, 2.45) is 23.2 Å². The van der Waals surface area contributed by atoms with Gasteiger partial charge >= 0.3 is 0 Å². The molecule has 0 aromatic carbocycles. The number of hydrogen-bond donors (Lipinski definition) is 1. The second-order valence-electron chi connectivity index (χ2n) is 7.59. The van der Waals surface area contributed by atoms with E-state index in [1.165, 1.54) is 32.2 Å². The van der Waals surface area contributed by atoms with Gasteiger partial charge in [0.2, 0.25) is 0 Å². The van der Waals surface area contributed by atoms with Gasteiger partial charge in [-0.25, -0.2) is 0 Å². The van der Waals surface area contributed by atoms with Crippen LogP contribution in [0.1, 0.15) is 60.3 Å². The topological polar surface area (TPSA) is 12.0 Å². The minimum Gasteiger partial charge on any atom is -0.312 e. The average Bonchev–Trinajstić information content (AvgIpc) is 2.82. The van der Waals surface area contributed by atoms with Gasteiger partial charge in [0.05, 0.1) is 0 Å². The second-order valence-corrected chi connectivity index (χ2v) is 7.59. The fourth-order valence-electron chi connectivity index (χ4n) is 3.45. The molecule has 2 aliphatic rings. The summed E-state index contributed by atoms with van der Waals surface area (Å²) in [5.41, 5.74) is 1.04. The molecule has 0 radical (unpaired) electrons. The lowest BCUT2D eigenvalue weighted by Crippen LogP contribution is -2.38. The van der Waals surface area contributed by atoms with E-state index in [-0.39, 0.29) is 5.54 Å². The van der Waals surface area contributed by atoms with Crippen LogP contribution in [-0.4, -0.2) is 12.1 Å². The van der Waals surface area contributed by atoms with E-state index in [1.807, 2.05) is 0 Å². The fraction of sp³-hybridized carbons (Fsp3) is 1.00. The SMILES string of the molecule is CC1CCC2(CC1C)CC2CNC(C)(C)C. The molecule has 1 spiro atoms. The Kier molecular flexibility index (Phi) is 3.11. The van der Waals surface area contributed by atoms with Crippen LogP contribution in [0.3, 0.4) is 0 Å². The minimum atomic E-state index is 0.289. The van der Waals surface area contributed by atoms with Crippen molar-refractivity contribution in [3.05, 3.63) is 0 Å². The van der Waals surface area contributed by atoms with E-state index in [4.69, 9.17) is 0 Å². The molecular weight excluding hydrogens is 194 g/mol. The highest BCUT2D eigenvalue weighted by Gasteiger charge is 2.55. The van der Waals surface area contributed by atoms with Crippen molar-refractivity contribution >= 4 is 0 Å². The molecule has 16 heavy (non-hydrogen) atoms. The van der Waals surface area contributed by atoms with Gasteiger partial charge in [0.15, 0.2) is 0 Å². The van der Waals surface area contributed by atoms with Crippen LogP contribution in [0.25, 0.3) is 0 Å². The summed E-state index contributed by atoms with van der Waals surface area (Å²) in [4.78, 5) is 0. The molecule has 2 aliphatic carbocycles. The largest absolute Gasteiger partial charge is 0.312 e. The molecule has 0 amide bonds. The number of nitrogens with one attached hydrogen (secondary N) is 1. The normalized spacial score (nSPS) is 43.7. The molecule has 0 saturated heterocycles. The van der Waals surface area contributed by atoms with E-state index in [0.29, 0.717) is 0 Å². The lowest BCUT2D eigenvalue weighted by Gasteiger charge is -2.33. The van der Waals surface area contributed by atoms with Gasteiger partial charge < -0.3 is 5.32 Å². The third-order valence-corrected chi connectivity index (χ3v) is 5.04. The zero-order valence-corrected chi connectivity index (χ0v) is 11.8. The third-order valence-electron chi connectivity index (χ3n) is 5.04. The highest BCUT2D eigenvalue weighted by molar-refractivity contribution is 5.06. The van der Waals surface area contributed by atoms with Gasteiger partial charge in [-0.05, 0) is 76.2 Å². The average molecular weight is 223 g/mol. The van der Waals surface area contributed by atoms with Crippen molar-refractivity contribution in [2.45, 2.75) is 65.8 Å². The first-order chi connectivity index (χ1) is 7.32. The first kappa shape index (κ1) is 12.4. The molecule has 0 aromatic rings. The summed E-state index contributed by atoms with van der Waals surface area (Å²) in [6.07, 6.45) is 5.94. The standard InChI is InChI=1S/C15H29N/c1-11-6-7-15(8-12(11)2)9-13(15)10-16-14(3,4)5/h11-13,16H,6-10H2,1-5H3. The van der Waals surface area contributed by atoms with Crippen molar-refractivity contribution in [3.8, 4) is 0 Å². The highest BCUT2D eigenvalue weighted by Crippen LogP contribution is 2.63. The molecule has 0 aromatic heterocycles. The molecule has 4 atom stereocenters. The van der Waals surface area contributed by atoms with E-state index >= 15 is 0 Å². The molecule has 0 heterocycles. The predicted molar refractivity (Wildman–Crippen MR) is 70.5 cm³/mol. The van der Waals surface area contributed by atoms with Crippen LogP contribution < -0.4 is 5.32 Å². The molecule has 1 nitrogen and oxygen atoms in total. The molecule has 2 fully saturated rings. The van der Waals surface area contributed by atoms with Gasteiger partial charge in [0.25, 0.3) is 0 Å². The summed E-state index contributed by atoms with van der Waals surface area (Å²) < 4.78 is 0. The molecule has 2 saturated carbocycles. The Morgan fingerprint density at radius 2 is 1.81 bits per heavy atom. The van der Waals surface area contributed by atoms with Crippen molar-refractivity contribution in [1.82, 2.24) is 5.32 Å². The Labute approximate surface area is 101 Å². The summed E-state index contributed by atoms with van der Waals surface area (Å²) in [5, 5.41) is 3.68. The van der Waals surface area contributed by atoms with Gasteiger partial charge in [-0.1, -0.05) is 13.8 Å². The zero-order chi connectivity index (χ0) is 12.0. The summed E-state index contributed by atoms with van der Waals surface area (Å²) >= 11 is 0. The van der Waals surface area contributed by atoms with Gasteiger partial charge in [0, 0.05) is 5.54 Å². The van der Waals surface area contributed by atoms with E-state index in [0.717, 1.165) is 23.2 Å².